The number of carbonyl (C=O) groups excluding carboxylic acids is 1. The third kappa shape index (κ3) is 4.12. The number of aromatic nitrogens is 1. The van der Waals surface area contributed by atoms with E-state index in [0.29, 0.717) is 6.42 Å². The van der Waals surface area contributed by atoms with Crippen LogP contribution in [0, 0.1) is 0 Å². The summed E-state index contributed by atoms with van der Waals surface area (Å²) < 4.78 is 0. The summed E-state index contributed by atoms with van der Waals surface area (Å²) in [5.74, 6) is 1.80. The summed E-state index contributed by atoms with van der Waals surface area (Å²) >= 11 is 1.79. The van der Waals surface area contributed by atoms with Gasteiger partial charge in [-0.15, -0.1) is 12.4 Å². The van der Waals surface area contributed by atoms with Crippen molar-refractivity contribution in [3.05, 3.63) is 39.7 Å². The zero-order valence-electron chi connectivity index (χ0n) is 13.8. The number of fused-ring (bicyclic) bond motifs is 3. The molecule has 7 heteroatoms. The van der Waals surface area contributed by atoms with Gasteiger partial charge in [0.05, 0.1) is 0 Å². The highest BCUT2D eigenvalue weighted by molar-refractivity contribution is 7.98. The molecule has 2 aromatic rings. The molecule has 3 rings (SSSR count). The van der Waals surface area contributed by atoms with Crippen LogP contribution in [-0.2, 0) is 17.0 Å². The Balaban J connectivity index is 0.00000208. The maximum absolute atomic E-state index is 12.1. The summed E-state index contributed by atoms with van der Waals surface area (Å²) in [7, 11) is 3.90. The van der Waals surface area contributed by atoms with E-state index in [2.05, 4.69) is 10.3 Å². The molecule has 1 aliphatic rings. The average Bonchev–Trinajstić information content (AvgIpc) is 2.54. The van der Waals surface area contributed by atoms with E-state index in [1.54, 1.807) is 11.8 Å². The molecule has 5 nitrogen and oxygen atoms in total. The molecule has 0 unspecified atom stereocenters. The predicted molar refractivity (Wildman–Crippen MR) is 103 cm³/mol. The second-order valence-electron chi connectivity index (χ2n) is 6.08. The number of anilines is 1. The molecule has 0 aliphatic carbocycles. The van der Waals surface area contributed by atoms with E-state index < -0.39 is 0 Å². The van der Waals surface area contributed by atoms with Gasteiger partial charge < -0.3 is 15.2 Å². The topological polar surface area (TPSA) is 65.2 Å². The predicted octanol–water partition coefficient (Wildman–Crippen LogP) is 2.63. The molecule has 0 radical (unpaired) electrons. The molecule has 0 fully saturated rings. The van der Waals surface area contributed by atoms with Crippen molar-refractivity contribution in [2.45, 2.75) is 18.6 Å². The van der Waals surface area contributed by atoms with Crippen molar-refractivity contribution >= 4 is 46.7 Å². The Hall–Kier alpha value is -1.50. The van der Waals surface area contributed by atoms with Crippen LogP contribution in [0.5, 0.6) is 0 Å². The van der Waals surface area contributed by atoms with Crippen LogP contribution in [0.2, 0.25) is 0 Å². The lowest BCUT2D eigenvalue weighted by atomic mass is 10.0. The Bertz CT molecular complexity index is 804. The van der Waals surface area contributed by atoms with Gasteiger partial charge in [-0.2, -0.15) is 11.8 Å². The Morgan fingerprint density at radius 2 is 2.12 bits per heavy atom. The minimum Gasteiger partial charge on any atom is -0.326 e. The zero-order valence-corrected chi connectivity index (χ0v) is 15.5. The fraction of sp³-hybridized carbons (Fsp3) is 0.412. The first-order valence-corrected chi connectivity index (χ1v) is 8.90. The van der Waals surface area contributed by atoms with Gasteiger partial charge in [-0.05, 0) is 50.0 Å². The number of H-pyrrole nitrogens is 1. The van der Waals surface area contributed by atoms with Crippen LogP contribution in [0.4, 0.5) is 5.69 Å². The second kappa shape index (κ2) is 8.05. The molecular weight excluding hydrogens is 346 g/mol. The monoisotopic (exact) mass is 367 g/mol. The largest absolute Gasteiger partial charge is 0.326 e. The normalized spacial score (nSPS) is 13.5. The number of rotatable bonds is 4. The van der Waals surface area contributed by atoms with Crippen molar-refractivity contribution in [2.24, 2.45) is 0 Å². The molecule has 0 saturated carbocycles. The van der Waals surface area contributed by atoms with Crippen molar-refractivity contribution in [3.63, 3.8) is 0 Å². The minimum absolute atomic E-state index is 0. The van der Waals surface area contributed by atoms with Crippen molar-refractivity contribution < 1.29 is 4.79 Å². The summed E-state index contributed by atoms with van der Waals surface area (Å²) in [6.45, 7) is 0.722. The summed E-state index contributed by atoms with van der Waals surface area (Å²) in [6, 6.07) is 5.70. The number of pyridine rings is 1. The molecule has 0 atom stereocenters. The van der Waals surface area contributed by atoms with E-state index in [9.17, 15) is 9.59 Å². The van der Waals surface area contributed by atoms with E-state index in [4.69, 9.17) is 0 Å². The maximum atomic E-state index is 12.1. The first-order valence-electron chi connectivity index (χ1n) is 7.74. The minimum atomic E-state index is 0. The van der Waals surface area contributed by atoms with Crippen molar-refractivity contribution in [2.75, 3.05) is 31.7 Å². The smallest absolute Gasteiger partial charge is 0.252 e. The van der Waals surface area contributed by atoms with E-state index in [-0.39, 0.29) is 23.9 Å². The van der Waals surface area contributed by atoms with Gasteiger partial charge in [0, 0.05) is 40.9 Å². The van der Waals surface area contributed by atoms with E-state index in [1.807, 2.05) is 37.2 Å². The highest BCUT2D eigenvalue weighted by atomic mass is 35.5. The Morgan fingerprint density at radius 3 is 2.88 bits per heavy atom. The number of hydrogen-bond donors (Lipinski definition) is 2. The number of aryl methyl sites for hydroxylation is 1. The first-order chi connectivity index (χ1) is 11.0. The fourth-order valence-corrected chi connectivity index (χ4v) is 3.82. The van der Waals surface area contributed by atoms with Crippen LogP contribution in [0.1, 0.15) is 17.5 Å². The van der Waals surface area contributed by atoms with Gasteiger partial charge in [-0.1, -0.05) is 0 Å². The molecule has 2 heterocycles. The van der Waals surface area contributed by atoms with Gasteiger partial charge in [-0.25, -0.2) is 0 Å². The molecule has 24 heavy (non-hydrogen) atoms. The molecular formula is C17H22ClN3O2S. The van der Waals surface area contributed by atoms with Crippen molar-refractivity contribution in [1.82, 2.24) is 9.88 Å². The number of amides is 1. The fourth-order valence-electron chi connectivity index (χ4n) is 2.81. The molecule has 1 aliphatic heterocycles. The van der Waals surface area contributed by atoms with Gasteiger partial charge >= 0.3 is 0 Å². The summed E-state index contributed by atoms with van der Waals surface area (Å²) in [6.07, 6.45) is 1.36. The highest BCUT2D eigenvalue weighted by Crippen LogP contribution is 2.29. The standard InChI is InChI=1S/C17H21N3O2S.ClH/c1-20(2)7-5-16(21)18-11-3-4-15-13(9-11)12-6-8-23-10-14(12)17(22)19-15;/h3-4,9H,5-8,10H2,1-2H3,(H,18,21)(H,19,22);1H. The molecule has 1 amide bonds. The van der Waals surface area contributed by atoms with Crippen LogP contribution < -0.4 is 10.9 Å². The van der Waals surface area contributed by atoms with Gasteiger partial charge in [-0.3, -0.25) is 9.59 Å². The molecule has 130 valence electrons. The van der Waals surface area contributed by atoms with Gasteiger partial charge in [0.25, 0.3) is 5.56 Å². The zero-order chi connectivity index (χ0) is 16.4. The molecule has 2 N–H and O–H groups in total. The Morgan fingerprint density at radius 1 is 1.33 bits per heavy atom. The van der Waals surface area contributed by atoms with Crippen molar-refractivity contribution in [1.29, 1.82) is 0 Å². The second-order valence-corrected chi connectivity index (χ2v) is 7.18. The van der Waals surface area contributed by atoms with Crippen molar-refractivity contribution in [3.8, 4) is 0 Å². The number of hydrogen-bond acceptors (Lipinski definition) is 4. The summed E-state index contributed by atoms with van der Waals surface area (Å²) in [5, 5.41) is 3.99. The number of halogens is 1. The Labute approximate surface area is 151 Å². The average molecular weight is 368 g/mol. The quantitative estimate of drug-likeness (QED) is 0.871. The molecule has 0 spiro atoms. The highest BCUT2D eigenvalue weighted by Gasteiger charge is 2.17. The summed E-state index contributed by atoms with van der Waals surface area (Å²) in [4.78, 5) is 29.1. The molecule has 0 saturated heterocycles. The third-order valence-electron chi connectivity index (χ3n) is 4.04. The molecule has 1 aromatic carbocycles. The number of nitrogens with zero attached hydrogens (tertiary/aromatic N) is 1. The lowest BCUT2D eigenvalue weighted by Gasteiger charge is -2.17. The number of thioether (sulfide) groups is 1. The summed E-state index contributed by atoms with van der Waals surface area (Å²) in [5.41, 5.74) is 3.65. The van der Waals surface area contributed by atoms with Gasteiger partial charge in [0.2, 0.25) is 5.91 Å². The lowest BCUT2D eigenvalue weighted by molar-refractivity contribution is -0.116. The van der Waals surface area contributed by atoms with Gasteiger partial charge in [0.1, 0.15) is 0 Å². The van der Waals surface area contributed by atoms with E-state index in [1.165, 1.54) is 0 Å². The maximum Gasteiger partial charge on any atom is 0.252 e. The first kappa shape index (κ1) is 18.8. The van der Waals surface area contributed by atoms with Gasteiger partial charge in [0.15, 0.2) is 0 Å². The number of carbonyl (C=O) groups is 1. The number of benzene rings is 1. The van der Waals surface area contributed by atoms with E-state index >= 15 is 0 Å². The lowest BCUT2D eigenvalue weighted by Crippen LogP contribution is -2.21. The third-order valence-corrected chi connectivity index (χ3v) is 5.03. The van der Waals surface area contributed by atoms with E-state index in [0.717, 1.165) is 52.2 Å². The number of nitrogens with one attached hydrogen (secondary N) is 2. The van der Waals surface area contributed by atoms with Crippen LogP contribution in [0.3, 0.4) is 0 Å². The molecule has 0 bridgehead atoms. The van der Waals surface area contributed by atoms with Crippen LogP contribution >= 0.6 is 24.2 Å². The van der Waals surface area contributed by atoms with Crippen LogP contribution in [0.15, 0.2) is 23.0 Å². The Kier molecular flexibility index (Phi) is 6.32. The van der Waals surface area contributed by atoms with Crippen LogP contribution in [0.25, 0.3) is 10.9 Å². The number of aromatic amines is 1. The SMILES string of the molecule is CN(C)CCC(=O)Nc1ccc2[nH]c(=O)c3c(c2c1)CCSC3.Cl. The molecule has 1 aromatic heterocycles. The van der Waals surface area contributed by atoms with Crippen LogP contribution in [-0.4, -0.2) is 42.2 Å².